The molecule has 8 heteroatoms. The Morgan fingerprint density at radius 2 is 1.74 bits per heavy atom. The predicted octanol–water partition coefficient (Wildman–Crippen LogP) is 4.55. The maximum Gasteiger partial charge on any atom is 0.259 e. The molecule has 2 aliphatic heterocycles. The number of aromatic nitrogens is 1. The number of hydrogen-bond donors (Lipinski definition) is 0. The number of carbonyl (C=O) groups is 2. The topological polar surface area (TPSA) is 66.7 Å². The van der Waals surface area contributed by atoms with Gasteiger partial charge in [0, 0.05) is 32.1 Å². The number of carbonyl (C=O) groups excluding carboxylic acids is 2. The van der Waals surface area contributed by atoms with Gasteiger partial charge >= 0.3 is 0 Å². The van der Waals surface area contributed by atoms with Crippen molar-refractivity contribution in [2.45, 2.75) is 39.5 Å². The van der Waals surface area contributed by atoms with Crippen LogP contribution in [-0.4, -0.2) is 52.9 Å². The summed E-state index contributed by atoms with van der Waals surface area (Å²) in [5, 5.41) is 4.10. The zero-order valence-electron chi connectivity index (χ0n) is 17.9. The summed E-state index contributed by atoms with van der Waals surface area (Å²) >= 11 is 6.18. The molecule has 4 rings (SSSR count). The lowest BCUT2D eigenvalue weighted by molar-refractivity contribution is -0.138. The lowest BCUT2D eigenvalue weighted by atomic mass is 9.92. The summed E-state index contributed by atoms with van der Waals surface area (Å²) in [6.07, 6.45) is 3.35. The molecule has 166 valence electrons. The van der Waals surface area contributed by atoms with Crippen LogP contribution in [0.25, 0.3) is 11.3 Å². The molecule has 31 heavy (non-hydrogen) atoms. The van der Waals surface area contributed by atoms with Gasteiger partial charge < -0.3 is 14.3 Å². The van der Waals surface area contributed by atoms with Gasteiger partial charge in [-0.3, -0.25) is 9.59 Å². The number of nitrogens with zero attached hydrogens (tertiary/aromatic N) is 3. The first-order valence-electron chi connectivity index (χ1n) is 10.9. The molecular weight excluding hydrogens is 421 g/mol. The van der Waals surface area contributed by atoms with Gasteiger partial charge in [-0.15, -0.1) is 0 Å². The van der Waals surface area contributed by atoms with Crippen LogP contribution in [0.2, 0.25) is 5.02 Å². The Morgan fingerprint density at radius 3 is 2.39 bits per heavy atom. The van der Waals surface area contributed by atoms with E-state index in [4.69, 9.17) is 16.1 Å². The number of amides is 2. The van der Waals surface area contributed by atoms with E-state index in [1.807, 2.05) is 4.90 Å². The number of rotatable bonds is 3. The Labute approximate surface area is 186 Å². The van der Waals surface area contributed by atoms with Crippen molar-refractivity contribution in [2.75, 3.05) is 26.2 Å². The number of halogens is 2. The van der Waals surface area contributed by atoms with Crippen molar-refractivity contribution >= 4 is 23.4 Å². The molecule has 2 aliphatic rings. The summed E-state index contributed by atoms with van der Waals surface area (Å²) in [7, 11) is 0. The van der Waals surface area contributed by atoms with Gasteiger partial charge in [-0.2, -0.15) is 0 Å². The van der Waals surface area contributed by atoms with Gasteiger partial charge in [0.15, 0.2) is 0 Å². The van der Waals surface area contributed by atoms with Gasteiger partial charge in [-0.05, 0) is 50.7 Å². The molecule has 0 radical (unpaired) electrons. The van der Waals surface area contributed by atoms with Crippen LogP contribution in [0, 0.1) is 24.6 Å². The minimum atomic E-state index is -0.560. The fourth-order valence-electron chi connectivity index (χ4n) is 4.49. The molecule has 0 unspecified atom stereocenters. The second-order valence-corrected chi connectivity index (χ2v) is 9.04. The molecule has 1 aromatic carbocycles. The molecule has 2 aromatic rings. The van der Waals surface area contributed by atoms with Gasteiger partial charge in [0.1, 0.15) is 22.8 Å². The Balaban J connectivity index is 1.46. The molecule has 2 amide bonds. The van der Waals surface area contributed by atoms with Gasteiger partial charge in [0.2, 0.25) is 5.91 Å². The Morgan fingerprint density at radius 1 is 1.10 bits per heavy atom. The van der Waals surface area contributed by atoms with E-state index in [1.54, 1.807) is 17.9 Å². The van der Waals surface area contributed by atoms with Crippen LogP contribution in [0.3, 0.4) is 0 Å². The van der Waals surface area contributed by atoms with Crippen LogP contribution in [0.4, 0.5) is 4.39 Å². The number of hydrogen-bond acceptors (Lipinski definition) is 4. The van der Waals surface area contributed by atoms with E-state index in [9.17, 15) is 14.0 Å². The number of benzene rings is 1. The molecule has 2 saturated heterocycles. The Hall–Kier alpha value is -2.41. The summed E-state index contributed by atoms with van der Waals surface area (Å²) in [6.45, 7) is 6.44. The van der Waals surface area contributed by atoms with Crippen molar-refractivity contribution in [1.29, 1.82) is 0 Å². The molecule has 0 spiro atoms. The highest BCUT2D eigenvalue weighted by Crippen LogP contribution is 2.34. The fraction of sp³-hybridized carbons (Fsp3) is 0.522. The first kappa shape index (κ1) is 21.8. The maximum atomic E-state index is 14.4. The molecule has 3 heterocycles. The SMILES string of the molecule is Cc1onc(-c2c(F)cccc2Cl)c1C(=O)N1CCC(C(=O)N2CCC(C)CC2)CC1. The minimum Gasteiger partial charge on any atom is -0.360 e. The van der Waals surface area contributed by atoms with Crippen molar-refractivity contribution in [1.82, 2.24) is 15.0 Å². The molecule has 0 N–H and O–H groups in total. The quantitative estimate of drug-likeness (QED) is 0.692. The standard InChI is InChI=1S/C23H27ClFN3O3/c1-14-6-10-27(11-7-14)22(29)16-8-12-28(13-9-16)23(30)19-15(2)31-26-21(19)20-17(24)4-3-5-18(20)25/h3-5,14,16H,6-13H2,1-2H3. The fourth-order valence-corrected chi connectivity index (χ4v) is 4.75. The molecule has 0 saturated carbocycles. The smallest absolute Gasteiger partial charge is 0.259 e. The number of aryl methyl sites for hydroxylation is 1. The highest BCUT2D eigenvalue weighted by molar-refractivity contribution is 6.33. The summed E-state index contributed by atoms with van der Waals surface area (Å²) in [6, 6.07) is 4.33. The van der Waals surface area contributed by atoms with Crippen molar-refractivity contribution in [3.05, 3.63) is 40.4 Å². The van der Waals surface area contributed by atoms with Crippen molar-refractivity contribution < 1.29 is 18.5 Å². The van der Waals surface area contributed by atoms with Crippen molar-refractivity contribution in [2.24, 2.45) is 11.8 Å². The molecule has 1 aromatic heterocycles. The van der Waals surface area contributed by atoms with Crippen LogP contribution in [0.1, 0.15) is 48.7 Å². The minimum absolute atomic E-state index is 0.0542. The third-order valence-corrected chi connectivity index (χ3v) is 6.82. The largest absolute Gasteiger partial charge is 0.360 e. The third kappa shape index (κ3) is 4.33. The Bertz CT molecular complexity index is 956. The summed E-state index contributed by atoms with van der Waals surface area (Å²) in [5.74, 6) is 0.314. The van der Waals surface area contributed by atoms with Crippen LogP contribution in [-0.2, 0) is 4.79 Å². The maximum absolute atomic E-state index is 14.4. The summed E-state index contributed by atoms with van der Waals surface area (Å²) < 4.78 is 19.7. The third-order valence-electron chi connectivity index (χ3n) is 6.50. The summed E-state index contributed by atoms with van der Waals surface area (Å²) in [4.78, 5) is 29.8. The first-order chi connectivity index (χ1) is 14.9. The summed E-state index contributed by atoms with van der Waals surface area (Å²) in [5.41, 5.74) is 0.404. The average Bonchev–Trinajstić information content (AvgIpc) is 3.14. The molecule has 0 atom stereocenters. The molecule has 0 aliphatic carbocycles. The highest BCUT2D eigenvalue weighted by Gasteiger charge is 2.34. The second kappa shape index (κ2) is 8.99. The van der Waals surface area contributed by atoms with E-state index in [0.717, 1.165) is 25.9 Å². The molecule has 2 fully saturated rings. The number of likely N-dealkylation sites (tertiary alicyclic amines) is 2. The van der Waals surface area contributed by atoms with E-state index in [1.165, 1.54) is 12.1 Å². The van der Waals surface area contributed by atoms with E-state index in [-0.39, 0.29) is 39.6 Å². The van der Waals surface area contributed by atoms with E-state index < -0.39 is 5.82 Å². The lowest BCUT2D eigenvalue weighted by Gasteiger charge is -2.36. The number of piperidine rings is 2. The zero-order valence-corrected chi connectivity index (χ0v) is 18.6. The van der Waals surface area contributed by atoms with Gasteiger partial charge in [0.25, 0.3) is 5.91 Å². The van der Waals surface area contributed by atoms with Crippen LogP contribution >= 0.6 is 11.6 Å². The second-order valence-electron chi connectivity index (χ2n) is 8.63. The van der Waals surface area contributed by atoms with E-state index in [0.29, 0.717) is 37.6 Å². The van der Waals surface area contributed by atoms with Gasteiger partial charge in [-0.25, -0.2) is 4.39 Å². The molecular formula is C23H27ClFN3O3. The highest BCUT2D eigenvalue weighted by atomic mass is 35.5. The lowest BCUT2D eigenvalue weighted by Crippen LogP contribution is -2.46. The van der Waals surface area contributed by atoms with Crippen molar-refractivity contribution in [3.63, 3.8) is 0 Å². The predicted molar refractivity (Wildman–Crippen MR) is 115 cm³/mol. The normalized spacial score (nSPS) is 18.5. The molecule has 6 nitrogen and oxygen atoms in total. The van der Waals surface area contributed by atoms with E-state index in [2.05, 4.69) is 12.1 Å². The first-order valence-corrected chi connectivity index (χ1v) is 11.2. The van der Waals surface area contributed by atoms with Crippen molar-refractivity contribution in [3.8, 4) is 11.3 Å². The molecule has 0 bridgehead atoms. The monoisotopic (exact) mass is 447 g/mol. The van der Waals surface area contributed by atoms with Gasteiger partial charge in [0.05, 0.1) is 10.6 Å². The average molecular weight is 448 g/mol. The van der Waals surface area contributed by atoms with E-state index >= 15 is 0 Å². The zero-order chi connectivity index (χ0) is 22.1. The van der Waals surface area contributed by atoms with Crippen LogP contribution < -0.4 is 0 Å². The Kier molecular flexibility index (Phi) is 6.32. The van der Waals surface area contributed by atoms with Crippen LogP contribution in [0.5, 0.6) is 0 Å². The van der Waals surface area contributed by atoms with Crippen LogP contribution in [0.15, 0.2) is 22.7 Å². The van der Waals surface area contributed by atoms with Gasteiger partial charge in [-0.1, -0.05) is 29.7 Å².